The van der Waals surface area contributed by atoms with Crippen LogP contribution in [0.3, 0.4) is 0 Å². The van der Waals surface area contributed by atoms with Crippen LogP contribution in [0.2, 0.25) is 0 Å². The van der Waals surface area contributed by atoms with E-state index in [1.807, 2.05) is 0 Å². The zero-order chi connectivity index (χ0) is 33.3. The third kappa shape index (κ3) is 4.97. The molecule has 0 aliphatic carbocycles. The zero-order valence-electron chi connectivity index (χ0n) is 27.4. The molecular formula is C34H39F2N9O2S. The van der Waals surface area contributed by atoms with Gasteiger partial charge in [0.05, 0.1) is 40.8 Å². The third-order valence-corrected chi connectivity index (χ3v) is 11.6. The monoisotopic (exact) mass is 675 g/mol. The van der Waals surface area contributed by atoms with Crippen molar-refractivity contribution in [2.24, 2.45) is 0 Å². The Labute approximate surface area is 281 Å². The summed E-state index contributed by atoms with van der Waals surface area (Å²) in [4.78, 5) is 24.0. The van der Waals surface area contributed by atoms with Crippen molar-refractivity contribution in [1.29, 1.82) is 5.26 Å². The smallest absolute Gasteiger partial charge is 0.228 e. The first-order valence-corrected chi connectivity index (χ1v) is 17.4. The molecule has 0 saturated carbocycles. The fourth-order valence-corrected chi connectivity index (χ4v) is 9.18. The topological polar surface area (TPSA) is 120 Å². The number of piperazine rings is 1. The molecule has 0 amide bonds. The van der Waals surface area contributed by atoms with Crippen LogP contribution >= 0.6 is 11.3 Å². The summed E-state index contributed by atoms with van der Waals surface area (Å²) in [5, 5.41) is 11.1. The van der Waals surface area contributed by atoms with Gasteiger partial charge in [0.2, 0.25) is 5.95 Å². The lowest BCUT2D eigenvalue weighted by Gasteiger charge is -2.42. The van der Waals surface area contributed by atoms with Gasteiger partial charge < -0.3 is 29.9 Å². The van der Waals surface area contributed by atoms with E-state index in [1.165, 1.54) is 0 Å². The van der Waals surface area contributed by atoms with Crippen LogP contribution in [-0.2, 0) is 22.7 Å². The van der Waals surface area contributed by atoms with Crippen molar-refractivity contribution in [3.63, 3.8) is 0 Å². The molecule has 2 bridgehead atoms. The number of nitrogens with two attached hydrogens (primary N) is 1. The van der Waals surface area contributed by atoms with Gasteiger partial charge in [-0.3, -0.25) is 9.88 Å². The summed E-state index contributed by atoms with van der Waals surface area (Å²) in [5.41, 5.74) is 8.27. The lowest BCUT2D eigenvalue weighted by Crippen LogP contribution is -2.54. The lowest BCUT2D eigenvalue weighted by atomic mass is 9.93. The van der Waals surface area contributed by atoms with Crippen molar-refractivity contribution in [1.82, 2.24) is 24.8 Å². The molecule has 4 aliphatic heterocycles. The van der Waals surface area contributed by atoms with Gasteiger partial charge in [-0.25, -0.2) is 13.8 Å². The molecule has 4 aromatic rings. The number of rotatable bonds is 8. The number of likely N-dealkylation sites (N-methyl/N-ethyl adjacent to an activating group) is 1. The first-order chi connectivity index (χ1) is 23.3. The van der Waals surface area contributed by atoms with E-state index in [9.17, 15) is 5.26 Å². The van der Waals surface area contributed by atoms with Gasteiger partial charge in [-0.2, -0.15) is 10.2 Å². The molecule has 3 aromatic heterocycles. The van der Waals surface area contributed by atoms with Crippen LogP contribution in [0.15, 0.2) is 6.20 Å². The van der Waals surface area contributed by atoms with Crippen molar-refractivity contribution >= 4 is 49.1 Å². The quantitative estimate of drug-likeness (QED) is 0.266. The van der Waals surface area contributed by atoms with Crippen LogP contribution in [0, 0.1) is 23.0 Å². The van der Waals surface area contributed by atoms with Crippen molar-refractivity contribution in [2.75, 3.05) is 76.1 Å². The summed E-state index contributed by atoms with van der Waals surface area (Å²) in [5.74, 6) is 0.0906. The van der Waals surface area contributed by atoms with Gasteiger partial charge >= 0.3 is 0 Å². The normalized spacial score (nSPS) is 22.5. The Bertz CT molecular complexity index is 1950. The molecule has 3 atom stereocenters. The Morgan fingerprint density at radius 3 is 2.58 bits per heavy atom. The summed E-state index contributed by atoms with van der Waals surface area (Å²) < 4.78 is 44.0. The van der Waals surface area contributed by atoms with E-state index in [0.717, 1.165) is 93.9 Å². The van der Waals surface area contributed by atoms with Crippen LogP contribution in [0.1, 0.15) is 42.4 Å². The second kappa shape index (κ2) is 12.3. The largest absolute Gasteiger partial charge is 0.389 e. The Balaban J connectivity index is 1.34. The van der Waals surface area contributed by atoms with Crippen LogP contribution in [-0.4, -0.2) is 103 Å². The van der Waals surface area contributed by atoms with Gasteiger partial charge in [0.15, 0.2) is 11.6 Å². The standard InChI is InChI=1S/C34H39F2N9O2S/c1-42(2)18-7-9-44(15-18)34-40-30-27(33(41-34)45-19-5-6-20(45)14-43(13-19)8-4-10-46-3)23-17-47-16-22(23)25(28(30)36)29-26-21(11-37)32(38)48-31(26)24(35)12-39-29/h12,18-20H,4-10,13-17,38H2,1-3H3/t18-,19?,20?/m0/s1. The Hall–Kier alpha value is -3.74. The number of nitrogens with zero attached hydrogens (tertiary/aromatic N) is 8. The van der Waals surface area contributed by atoms with E-state index in [1.54, 1.807) is 7.11 Å². The highest BCUT2D eigenvalue weighted by Crippen LogP contribution is 2.48. The summed E-state index contributed by atoms with van der Waals surface area (Å²) in [6.07, 6.45) is 5.07. The number of methoxy groups -OCH3 is 1. The fraction of sp³-hybridized carbons (Fsp3) is 0.529. The molecule has 2 N–H and O–H groups in total. The van der Waals surface area contributed by atoms with Crippen LogP contribution in [0.5, 0.6) is 0 Å². The van der Waals surface area contributed by atoms with Crippen LogP contribution in [0.4, 0.5) is 25.5 Å². The van der Waals surface area contributed by atoms with Crippen molar-refractivity contribution in [3.05, 3.63) is 34.5 Å². The maximum Gasteiger partial charge on any atom is 0.228 e. The van der Waals surface area contributed by atoms with E-state index in [2.05, 4.69) is 44.7 Å². The predicted molar refractivity (Wildman–Crippen MR) is 182 cm³/mol. The molecule has 4 aliphatic rings. The zero-order valence-corrected chi connectivity index (χ0v) is 28.2. The second-order valence-electron chi connectivity index (χ2n) is 13.6. The highest BCUT2D eigenvalue weighted by Gasteiger charge is 2.43. The van der Waals surface area contributed by atoms with E-state index in [4.69, 9.17) is 25.2 Å². The minimum absolute atomic E-state index is 0.0972. The maximum absolute atomic E-state index is 17.5. The molecule has 252 valence electrons. The molecule has 7 heterocycles. The average molecular weight is 676 g/mol. The first-order valence-electron chi connectivity index (χ1n) is 16.6. The SMILES string of the molecule is COCCCN1CC2CCC(C1)N2c1nc(N2CC[C@H](N(C)C)C2)nc2c(F)c(-c3ncc(F)c4sc(N)c(C#N)c34)c3c(c12)COC3. The third-order valence-electron chi connectivity index (χ3n) is 10.6. The van der Waals surface area contributed by atoms with Crippen molar-refractivity contribution in [3.8, 4) is 17.3 Å². The molecule has 8 rings (SSSR count). The van der Waals surface area contributed by atoms with Gasteiger partial charge in [0, 0.05) is 75.5 Å². The minimum atomic E-state index is -0.603. The number of likely N-dealkylation sites (tertiary alicyclic amines) is 1. The molecular weight excluding hydrogens is 636 g/mol. The molecule has 11 nitrogen and oxygen atoms in total. The number of aromatic nitrogens is 3. The van der Waals surface area contributed by atoms with Crippen molar-refractivity contribution in [2.45, 2.75) is 57.0 Å². The number of halogens is 2. The molecule has 3 fully saturated rings. The van der Waals surface area contributed by atoms with E-state index < -0.39 is 11.6 Å². The molecule has 3 saturated heterocycles. The minimum Gasteiger partial charge on any atom is -0.389 e. The van der Waals surface area contributed by atoms with E-state index >= 15 is 8.78 Å². The summed E-state index contributed by atoms with van der Waals surface area (Å²) in [6.45, 7) is 5.42. The van der Waals surface area contributed by atoms with Crippen molar-refractivity contribution < 1.29 is 18.3 Å². The Morgan fingerprint density at radius 1 is 1.10 bits per heavy atom. The molecule has 14 heteroatoms. The number of hydrogen-bond donors (Lipinski definition) is 1. The van der Waals surface area contributed by atoms with E-state index in [-0.39, 0.29) is 62.7 Å². The average Bonchev–Trinajstić information content (AvgIpc) is 3.87. The Morgan fingerprint density at radius 2 is 1.88 bits per heavy atom. The predicted octanol–water partition coefficient (Wildman–Crippen LogP) is 4.50. The van der Waals surface area contributed by atoms with Gasteiger partial charge in [0.1, 0.15) is 22.4 Å². The number of thiophene rings is 1. The number of nitriles is 1. The first kappa shape index (κ1) is 31.5. The fourth-order valence-electron chi connectivity index (χ4n) is 8.26. The van der Waals surface area contributed by atoms with Gasteiger partial charge in [0.25, 0.3) is 0 Å². The van der Waals surface area contributed by atoms with Crippen LogP contribution < -0.4 is 15.5 Å². The number of pyridine rings is 1. The molecule has 1 aromatic carbocycles. The number of anilines is 3. The number of benzene rings is 1. The van der Waals surface area contributed by atoms with Gasteiger partial charge in [-0.05, 0) is 50.9 Å². The Kier molecular flexibility index (Phi) is 8.08. The number of hydrogen-bond acceptors (Lipinski definition) is 12. The number of fused-ring (bicyclic) bond motifs is 6. The maximum atomic E-state index is 17.5. The number of ether oxygens (including phenoxy) is 2. The molecule has 0 radical (unpaired) electrons. The van der Waals surface area contributed by atoms with Crippen LogP contribution in [0.25, 0.3) is 32.2 Å². The summed E-state index contributed by atoms with van der Waals surface area (Å²) in [6, 6.07) is 2.90. The van der Waals surface area contributed by atoms with Gasteiger partial charge in [-0.15, -0.1) is 11.3 Å². The number of nitrogen functional groups attached to an aromatic ring is 1. The second-order valence-corrected chi connectivity index (χ2v) is 14.6. The summed E-state index contributed by atoms with van der Waals surface area (Å²) >= 11 is 0.971. The molecule has 48 heavy (non-hydrogen) atoms. The highest BCUT2D eigenvalue weighted by molar-refractivity contribution is 7.23. The lowest BCUT2D eigenvalue weighted by molar-refractivity contribution is 0.135. The summed E-state index contributed by atoms with van der Waals surface area (Å²) in [7, 11) is 5.88. The van der Waals surface area contributed by atoms with Gasteiger partial charge in [-0.1, -0.05) is 0 Å². The molecule has 2 unspecified atom stereocenters. The highest BCUT2D eigenvalue weighted by atomic mass is 32.1. The molecule has 0 spiro atoms. The van der Waals surface area contributed by atoms with E-state index in [0.29, 0.717) is 22.9 Å².